The zero-order valence-corrected chi connectivity index (χ0v) is 11.7. The minimum atomic E-state index is -0.138. The van der Waals surface area contributed by atoms with Gasteiger partial charge < -0.3 is 4.90 Å². The summed E-state index contributed by atoms with van der Waals surface area (Å²) < 4.78 is 13.1. The lowest BCUT2D eigenvalue weighted by molar-refractivity contribution is 0.299. The van der Waals surface area contributed by atoms with E-state index < -0.39 is 0 Å². The number of hydrogen-bond acceptors (Lipinski definition) is 1. The van der Waals surface area contributed by atoms with Crippen LogP contribution < -0.4 is 0 Å². The van der Waals surface area contributed by atoms with Crippen LogP contribution in [0, 0.1) is 23.6 Å². The lowest BCUT2D eigenvalue weighted by Crippen LogP contribution is -2.28. The van der Waals surface area contributed by atoms with Gasteiger partial charge >= 0.3 is 0 Å². The number of halogens is 1. The van der Waals surface area contributed by atoms with Gasteiger partial charge in [0.15, 0.2) is 0 Å². The molecule has 4 atom stereocenters. The molecule has 0 bridgehead atoms. The third kappa shape index (κ3) is 2.34. The van der Waals surface area contributed by atoms with Gasteiger partial charge in [-0.1, -0.05) is 38.1 Å². The van der Waals surface area contributed by atoms with E-state index in [1.54, 1.807) is 12.1 Å². The average Bonchev–Trinajstić information content (AvgIpc) is 2.83. The van der Waals surface area contributed by atoms with Crippen molar-refractivity contribution in [2.75, 3.05) is 19.6 Å². The Morgan fingerprint density at radius 2 is 1.89 bits per heavy atom. The minimum absolute atomic E-state index is 0.138. The van der Waals surface area contributed by atoms with E-state index in [9.17, 15) is 4.39 Å². The molecule has 1 aromatic rings. The summed E-state index contributed by atoms with van der Waals surface area (Å²) in [5, 5.41) is 0. The van der Waals surface area contributed by atoms with Crippen molar-refractivity contribution >= 4 is 0 Å². The van der Waals surface area contributed by atoms with Crippen molar-refractivity contribution in [1.29, 1.82) is 0 Å². The predicted octanol–water partition coefficient (Wildman–Crippen LogP) is 3.68. The fraction of sp³-hybridized carbons (Fsp3) is 0.529. The van der Waals surface area contributed by atoms with Gasteiger partial charge in [-0.05, 0) is 47.9 Å². The maximum absolute atomic E-state index is 13.1. The molecule has 0 spiro atoms. The van der Waals surface area contributed by atoms with Crippen molar-refractivity contribution in [2.45, 2.75) is 19.8 Å². The van der Waals surface area contributed by atoms with Crippen LogP contribution in [0.3, 0.4) is 0 Å². The minimum Gasteiger partial charge on any atom is -0.303 e. The highest BCUT2D eigenvalue weighted by Gasteiger charge is 2.40. The van der Waals surface area contributed by atoms with E-state index in [0.717, 1.165) is 6.54 Å². The Hall–Kier alpha value is -1.15. The van der Waals surface area contributed by atoms with Crippen LogP contribution in [0.15, 0.2) is 36.4 Å². The van der Waals surface area contributed by atoms with Gasteiger partial charge in [-0.25, -0.2) is 4.39 Å². The van der Waals surface area contributed by atoms with Crippen molar-refractivity contribution in [3.05, 3.63) is 47.8 Å². The fourth-order valence-corrected chi connectivity index (χ4v) is 3.85. The number of fused-ring (bicyclic) bond motifs is 1. The molecule has 0 radical (unpaired) electrons. The molecule has 3 rings (SSSR count). The Kier molecular flexibility index (Phi) is 3.44. The predicted molar refractivity (Wildman–Crippen MR) is 76.5 cm³/mol. The number of hydrogen-bond donors (Lipinski definition) is 0. The Bertz CT molecular complexity index is 465. The van der Waals surface area contributed by atoms with E-state index >= 15 is 0 Å². The smallest absolute Gasteiger partial charge is 0.123 e. The molecule has 0 unspecified atom stereocenters. The second-order valence-electron chi connectivity index (χ2n) is 6.00. The van der Waals surface area contributed by atoms with Gasteiger partial charge in [-0.15, -0.1) is 0 Å². The zero-order chi connectivity index (χ0) is 13.4. The molecule has 1 nitrogen and oxygen atoms in total. The molecule has 1 saturated heterocycles. The maximum Gasteiger partial charge on any atom is 0.123 e. The molecule has 1 aliphatic carbocycles. The molecule has 1 heterocycles. The van der Waals surface area contributed by atoms with Crippen LogP contribution >= 0.6 is 0 Å². The highest BCUT2D eigenvalue weighted by Crippen LogP contribution is 2.44. The highest BCUT2D eigenvalue weighted by atomic mass is 19.1. The molecule has 0 N–H and O–H groups in total. The number of allylic oxidation sites excluding steroid dienone is 1. The summed E-state index contributed by atoms with van der Waals surface area (Å²) in [6.07, 6.45) is 4.76. The molecule has 1 aromatic carbocycles. The Morgan fingerprint density at radius 1 is 1.16 bits per heavy atom. The van der Waals surface area contributed by atoms with Gasteiger partial charge in [0.05, 0.1) is 0 Å². The first-order valence-electron chi connectivity index (χ1n) is 7.35. The van der Waals surface area contributed by atoms with Gasteiger partial charge in [-0.2, -0.15) is 0 Å². The molecule has 0 saturated carbocycles. The zero-order valence-electron chi connectivity index (χ0n) is 11.7. The molecule has 1 aliphatic heterocycles. The van der Waals surface area contributed by atoms with E-state index in [4.69, 9.17) is 0 Å². The van der Waals surface area contributed by atoms with Crippen LogP contribution in [0.1, 0.15) is 25.3 Å². The molecule has 102 valence electrons. The second-order valence-corrected chi connectivity index (χ2v) is 6.00. The van der Waals surface area contributed by atoms with Gasteiger partial charge in [-0.3, -0.25) is 0 Å². The summed E-state index contributed by atoms with van der Waals surface area (Å²) >= 11 is 0. The molecule has 2 heteroatoms. The third-order valence-corrected chi connectivity index (χ3v) is 4.88. The van der Waals surface area contributed by atoms with E-state index in [-0.39, 0.29) is 5.82 Å². The first-order valence-corrected chi connectivity index (χ1v) is 7.35. The molecule has 0 aromatic heterocycles. The van der Waals surface area contributed by atoms with Crippen LogP contribution in [0.2, 0.25) is 0 Å². The van der Waals surface area contributed by atoms with Gasteiger partial charge in [0, 0.05) is 13.1 Å². The van der Waals surface area contributed by atoms with Crippen LogP contribution in [0.25, 0.3) is 0 Å². The van der Waals surface area contributed by atoms with Crippen molar-refractivity contribution in [2.24, 2.45) is 17.8 Å². The van der Waals surface area contributed by atoms with Crippen LogP contribution in [0.4, 0.5) is 4.39 Å². The molecule has 19 heavy (non-hydrogen) atoms. The Balaban J connectivity index is 1.90. The highest BCUT2D eigenvalue weighted by molar-refractivity contribution is 5.27. The number of benzene rings is 1. The Morgan fingerprint density at radius 3 is 2.58 bits per heavy atom. The second kappa shape index (κ2) is 5.09. The van der Waals surface area contributed by atoms with E-state index in [2.05, 4.69) is 30.9 Å². The summed E-state index contributed by atoms with van der Waals surface area (Å²) in [5.41, 5.74) is 1.30. The van der Waals surface area contributed by atoms with Crippen molar-refractivity contribution in [1.82, 2.24) is 4.90 Å². The van der Waals surface area contributed by atoms with Gasteiger partial charge in [0.25, 0.3) is 0 Å². The Labute approximate surface area is 115 Å². The molecule has 0 amide bonds. The summed E-state index contributed by atoms with van der Waals surface area (Å²) in [6.45, 7) is 8.01. The number of rotatable bonds is 2. The summed E-state index contributed by atoms with van der Waals surface area (Å²) in [5.74, 6) is 2.30. The van der Waals surface area contributed by atoms with Crippen molar-refractivity contribution in [3.8, 4) is 0 Å². The average molecular weight is 259 g/mol. The summed E-state index contributed by atoms with van der Waals surface area (Å²) in [4.78, 5) is 2.54. The van der Waals surface area contributed by atoms with Gasteiger partial charge in [0.1, 0.15) is 5.82 Å². The van der Waals surface area contributed by atoms with Crippen LogP contribution in [0.5, 0.6) is 0 Å². The van der Waals surface area contributed by atoms with Crippen LogP contribution in [-0.2, 0) is 0 Å². The van der Waals surface area contributed by atoms with Gasteiger partial charge in [0.2, 0.25) is 0 Å². The van der Waals surface area contributed by atoms with E-state index in [1.807, 2.05) is 12.1 Å². The molecule has 2 aliphatic rings. The monoisotopic (exact) mass is 259 g/mol. The van der Waals surface area contributed by atoms with Crippen molar-refractivity contribution < 1.29 is 4.39 Å². The molecule has 1 fully saturated rings. The number of likely N-dealkylation sites (tertiary alicyclic amines) is 1. The largest absolute Gasteiger partial charge is 0.303 e. The lowest BCUT2D eigenvalue weighted by Gasteiger charge is -2.34. The standard InChI is InChI=1S/C17H22FN/c1-3-19-10-14-5-4-12(2)17(16(14)11-19)13-6-8-15(18)9-7-13/h4-9,12,14,16-17H,3,10-11H2,1-2H3/t12-,14-,16-,17+/m1/s1. The lowest BCUT2D eigenvalue weighted by atomic mass is 9.69. The topological polar surface area (TPSA) is 3.24 Å². The first-order chi connectivity index (χ1) is 9.19. The van der Waals surface area contributed by atoms with Crippen LogP contribution in [-0.4, -0.2) is 24.5 Å². The number of nitrogens with zero attached hydrogens (tertiary/aromatic N) is 1. The summed E-state index contributed by atoms with van der Waals surface area (Å²) in [7, 11) is 0. The quantitative estimate of drug-likeness (QED) is 0.732. The SMILES string of the molecule is CCN1C[C@H]2[C@H](c3ccc(F)cc3)[C@H](C)C=C[C@@H]2C1. The van der Waals surface area contributed by atoms with Crippen molar-refractivity contribution in [3.63, 3.8) is 0 Å². The van der Waals surface area contributed by atoms with E-state index in [1.165, 1.54) is 18.7 Å². The molecular formula is C17H22FN. The normalized spacial score (nSPS) is 34.5. The maximum atomic E-state index is 13.1. The fourth-order valence-electron chi connectivity index (χ4n) is 3.85. The first kappa shape index (κ1) is 12.9. The summed E-state index contributed by atoms with van der Waals surface area (Å²) in [6, 6.07) is 7.15. The third-order valence-electron chi connectivity index (χ3n) is 4.88. The molecular weight excluding hydrogens is 237 g/mol. The van der Waals surface area contributed by atoms with E-state index in [0.29, 0.717) is 23.7 Å².